The number of aromatic nitrogens is 1. The lowest BCUT2D eigenvalue weighted by Crippen LogP contribution is -2.12. The lowest BCUT2D eigenvalue weighted by molar-refractivity contribution is 0.316. The van der Waals surface area contributed by atoms with Crippen LogP contribution < -0.4 is 10.1 Å². The zero-order valence-electron chi connectivity index (χ0n) is 12.4. The van der Waals surface area contributed by atoms with Gasteiger partial charge in [0.1, 0.15) is 5.75 Å². The average molecular weight is 270 g/mol. The van der Waals surface area contributed by atoms with Crippen molar-refractivity contribution in [1.29, 1.82) is 0 Å². The molecule has 0 amide bonds. The molecule has 1 unspecified atom stereocenters. The second-order valence-corrected chi connectivity index (χ2v) is 4.89. The van der Waals surface area contributed by atoms with E-state index in [1.54, 1.807) is 6.20 Å². The number of nitrogens with one attached hydrogen (secondary N) is 1. The number of hydrogen-bond acceptors (Lipinski definition) is 3. The van der Waals surface area contributed by atoms with Gasteiger partial charge in [0, 0.05) is 17.8 Å². The Morgan fingerprint density at radius 3 is 2.80 bits per heavy atom. The first-order valence-electron chi connectivity index (χ1n) is 7.10. The maximum atomic E-state index is 5.64. The molecular formula is C17H22N2O. The molecular weight excluding hydrogens is 248 g/mol. The van der Waals surface area contributed by atoms with Crippen LogP contribution in [0.5, 0.6) is 5.75 Å². The summed E-state index contributed by atoms with van der Waals surface area (Å²) in [6.07, 6.45) is 4.64. The van der Waals surface area contributed by atoms with Crippen LogP contribution in [0.3, 0.4) is 0 Å². The number of hydrogen-bond donors (Lipinski definition) is 1. The number of benzene rings is 1. The molecule has 0 bridgehead atoms. The van der Waals surface area contributed by atoms with Crippen LogP contribution in [0.2, 0.25) is 0 Å². The number of pyridine rings is 1. The second-order valence-electron chi connectivity index (χ2n) is 4.89. The lowest BCUT2D eigenvalue weighted by atomic mass is 10.0. The van der Waals surface area contributed by atoms with E-state index in [2.05, 4.69) is 48.4 Å². The fourth-order valence-electron chi connectivity index (χ4n) is 2.03. The molecule has 1 heterocycles. The van der Waals surface area contributed by atoms with Gasteiger partial charge in [-0.3, -0.25) is 4.98 Å². The molecule has 3 nitrogen and oxygen atoms in total. The molecule has 0 aliphatic rings. The van der Waals surface area contributed by atoms with E-state index in [0.717, 1.165) is 24.3 Å². The maximum absolute atomic E-state index is 5.64. The molecule has 0 saturated heterocycles. The summed E-state index contributed by atoms with van der Waals surface area (Å²) in [4.78, 5) is 4.27. The molecule has 1 aromatic carbocycles. The molecule has 0 aliphatic carbocycles. The fraction of sp³-hybridized carbons (Fsp3) is 0.353. The first kappa shape index (κ1) is 14.5. The van der Waals surface area contributed by atoms with Crippen molar-refractivity contribution in [1.82, 2.24) is 10.3 Å². The van der Waals surface area contributed by atoms with Crippen LogP contribution in [0.1, 0.15) is 31.9 Å². The third-order valence-electron chi connectivity index (χ3n) is 3.34. The molecule has 0 radical (unpaired) electrons. The summed E-state index contributed by atoms with van der Waals surface area (Å²) in [6.45, 7) is 4.97. The minimum atomic E-state index is 0.336. The van der Waals surface area contributed by atoms with Crippen LogP contribution >= 0.6 is 0 Å². The van der Waals surface area contributed by atoms with Crippen molar-refractivity contribution in [3.63, 3.8) is 0 Å². The number of ether oxygens (including phenoxy) is 1. The lowest BCUT2D eigenvalue weighted by Gasteiger charge is -2.12. The number of rotatable bonds is 6. The smallest absolute Gasteiger partial charge is 0.138 e. The Morgan fingerprint density at radius 2 is 2.05 bits per heavy atom. The third kappa shape index (κ3) is 3.58. The predicted octanol–water partition coefficient (Wildman–Crippen LogP) is 3.82. The summed E-state index contributed by atoms with van der Waals surface area (Å²) in [5.74, 6) is 0.830. The van der Waals surface area contributed by atoms with E-state index in [1.165, 1.54) is 11.1 Å². The van der Waals surface area contributed by atoms with E-state index >= 15 is 0 Å². The summed E-state index contributed by atoms with van der Waals surface area (Å²) in [5, 5.41) is 3.26. The van der Waals surface area contributed by atoms with E-state index in [1.807, 2.05) is 19.3 Å². The third-order valence-corrected chi connectivity index (χ3v) is 3.34. The Kier molecular flexibility index (Phi) is 5.13. The molecule has 0 spiro atoms. The summed E-state index contributed by atoms with van der Waals surface area (Å²) >= 11 is 0. The second kappa shape index (κ2) is 7.06. The quantitative estimate of drug-likeness (QED) is 0.866. The maximum Gasteiger partial charge on any atom is 0.138 e. The molecule has 3 heteroatoms. The molecule has 0 saturated carbocycles. The molecule has 106 valence electrons. The first-order chi connectivity index (χ1) is 9.74. The molecule has 1 atom stereocenters. The van der Waals surface area contributed by atoms with Gasteiger partial charge in [-0.15, -0.1) is 0 Å². The highest BCUT2D eigenvalue weighted by Gasteiger charge is 2.05. The van der Waals surface area contributed by atoms with Gasteiger partial charge in [-0.1, -0.05) is 25.1 Å². The van der Waals surface area contributed by atoms with Gasteiger partial charge in [0.15, 0.2) is 0 Å². The highest BCUT2D eigenvalue weighted by molar-refractivity contribution is 5.64. The predicted molar refractivity (Wildman–Crippen MR) is 82.9 cm³/mol. The minimum absolute atomic E-state index is 0.336. The van der Waals surface area contributed by atoms with Crippen molar-refractivity contribution >= 4 is 0 Å². The summed E-state index contributed by atoms with van der Waals surface area (Å²) in [6, 6.07) is 10.9. The van der Waals surface area contributed by atoms with Gasteiger partial charge in [0.05, 0.1) is 12.8 Å². The molecule has 1 aromatic heterocycles. The van der Waals surface area contributed by atoms with Crippen LogP contribution in [0, 0.1) is 0 Å². The van der Waals surface area contributed by atoms with Crippen LogP contribution in [0.25, 0.3) is 11.1 Å². The van der Waals surface area contributed by atoms with E-state index in [9.17, 15) is 0 Å². The molecule has 0 fully saturated rings. The largest absolute Gasteiger partial charge is 0.492 e. The normalized spacial score (nSPS) is 12.2. The van der Waals surface area contributed by atoms with Gasteiger partial charge in [0.2, 0.25) is 0 Å². The zero-order chi connectivity index (χ0) is 14.4. The van der Waals surface area contributed by atoms with Crippen LogP contribution in [0.4, 0.5) is 0 Å². The molecule has 20 heavy (non-hydrogen) atoms. The highest BCUT2D eigenvalue weighted by Crippen LogP contribution is 2.25. The summed E-state index contributed by atoms with van der Waals surface area (Å²) in [7, 11) is 1.97. The highest BCUT2D eigenvalue weighted by atomic mass is 16.5. The summed E-state index contributed by atoms with van der Waals surface area (Å²) in [5.41, 5.74) is 3.52. The zero-order valence-corrected chi connectivity index (χ0v) is 12.4. The fourth-order valence-corrected chi connectivity index (χ4v) is 2.03. The van der Waals surface area contributed by atoms with E-state index < -0.39 is 0 Å². The summed E-state index contributed by atoms with van der Waals surface area (Å²) < 4.78 is 5.64. The minimum Gasteiger partial charge on any atom is -0.492 e. The standard InChI is InChI=1S/C17H22N2O/c1-4-8-20-17-10-16(11-19-12-17)15-7-5-6-14(9-15)13(2)18-3/h5-7,9-13,18H,4,8H2,1-3H3. The van der Waals surface area contributed by atoms with Gasteiger partial charge in [-0.05, 0) is 43.7 Å². The van der Waals surface area contributed by atoms with Gasteiger partial charge < -0.3 is 10.1 Å². The van der Waals surface area contributed by atoms with E-state index in [4.69, 9.17) is 4.74 Å². The van der Waals surface area contributed by atoms with Gasteiger partial charge in [-0.25, -0.2) is 0 Å². The topological polar surface area (TPSA) is 34.1 Å². The molecule has 2 rings (SSSR count). The number of nitrogens with zero attached hydrogens (tertiary/aromatic N) is 1. The average Bonchev–Trinajstić information content (AvgIpc) is 2.52. The van der Waals surface area contributed by atoms with Crippen molar-refractivity contribution in [3.8, 4) is 16.9 Å². The Bertz CT molecular complexity index is 554. The Hall–Kier alpha value is -1.87. The van der Waals surface area contributed by atoms with Crippen LogP contribution in [-0.4, -0.2) is 18.6 Å². The van der Waals surface area contributed by atoms with Crippen molar-refractivity contribution in [2.75, 3.05) is 13.7 Å². The van der Waals surface area contributed by atoms with Crippen LogP contribution in [-0.2, 0) is 0 Å². The Labute approximate surface area is 121 Å². The van der Waals surface area contributed by atoms with Crippen molar-refractivity contribution in [2.45, 2.75) is 26.3 Å². The van der Waals surface area contributed by atoms with E-state index in [-0.39, 0.29) is 0 Å². The monoisotopic (exact) mass is 270 g/mol. The van der Waals surface area contributed by atoms with Gasteiger partial charge in [-0.2, -0.15) is 0 Å². The van der Waals surface area contributed by atoms with Gasteiger partial charge in [0.25, 0.3) is 0 Å². The van der Waals surface area contributed by atoms with E-state index in [0.29, 0.717) is 6.04 Å². The van der Waals surface area contributed by atoms with Crippen molar-refractivity contribution < 1.29 is 4.74 Å². The van der Waals surface area contributed by atoms with Crippen LogP contribution in [0.15, 0.2) is 42.7 Å². The van der Waals surface area contributed by atoms with Crippen molar-refractivity contribution in [2.24, 2.45) is 0 Å². The molecule has 2 aromatic rings. The molecule has 0 aliphatic heterocycles. The Morgan fingerprint density at radius 1 is 1.20 bits per heavy atom. The molecule has 1 N–H and O–H groups in total. The first-order valence-corrected chi connectivity index (χ1v) is 7.10. The van der Waals surface area contributed by atoms with Gasteiger partial charge >= 0.3 is 0 Å². The Balaban J connectivity index is 2.26. The SMILES string of the molecule is CCCOc1cncc(-c2cccc(C(C)NC)c2)c1. The van der Waals surface area contributed by atoms with Crippen molar-refractivity contribution in [3.05, 3.63) is 48.3 Å².